The number of rotatable bonds is 3. The van der Waals surface area contributed by atoms with Crippen LogP contribution in [0.5, 0.6) is 0 Å². The SMILES string of the molecule is NC(Cc1ccc(F)cc1F)c1cnn2ccncc12. The fraction of sp³-hybridized carbons (Fsp3) is 0.143. The summed E-state index contributed by atoms with van der Waals surface area (Å²) in [6.07, 6.45) is 6.90. The number of nitrogens with zero attached hydrogens (tertiary/aromatic N) is 3. The molecule has 1 atom stereocenters. The smallest absolute Gasteiger partial charge is 0.129 e. The molecule has 0 radical (unpaired) electrons. The molecule has 4 nitrogen and oxygen atoms in total. The third kappa shape index (κ3) is 2.25. The molecular weight excluding hydrogens is 262 g/mol. The van der Waals surface area contributed by atoms with E-state index in [0.29, 0.717) is 5.56 Å². The Morgan fingerprint density at radius 2 is 2.10 bits per heavy atom. The van der Waals surface area contributed by atoms with E-state index in [-0.39, 0.29) is 6.42 Å². The van der Waals surface area contributed by atoms with Gasteiger partial charge in [0.25, 0.3) is 0 Å². The Balaban J connectivity index is 1.91. The molecule has 0 amide bonds. The minimum Gasteiger partial charge on any atom is -0.324 e. The number of benzene rings is 1. The highest BCUT2D eigenvalue weighted by Crippen LogP contribution is 2.21. The maximum absolute atomic E-state index is 13.6. The standard InChI is InChI=1S/C14H12F2N4/c15-10-2-1-9(12(16)6-10)5-13(17)11-7-19-20-4-3-18-8-14(11)20/h1-4,6-8,13H,5,17H2. The lowest BCUT2D eigenvalue weighted by molar-refractivity contribution is 0.563. The van der Waals surface area contributed by atoms with E-state index >= 15 is 0 Å². The van der Waals surface area contributed by atoms with Gasteiger partial charge in [-0.3, -0.25) is 4.98 Å². The van der Waals surface area contributed by atoms with Crippen LogP contribution in [-0.4, -0.2) is 14.6 Å². The van der Waals surface area contributed by atoms with Crippen molar-refractivity contribution in [3.05, 3.63) is 65.7 Å². The van der Waals surface area contributed by atoms with Gasteiger partial charge in [0.2, 0.25) is 0 Å². The zero-order valence-electron chi connectivity index (χ0n) is 10.5. The molecule has 6 heteroatoms. The van der Waals surface area contributed by atoms with Gasteiger partial charge in [-0.1, -0.05) is 6.07 Å². The fourth-order valence-corrected chi connectivity index (χ4v) is 2.17. The summed E-state index contributed by atoms with van der Waals surface area (Å²) in [6, 6.07) is 3.06. The first kappa shape index (κ1) is 12.7. The van der Waals surface area contributed by atoms with E-state index < -0.39 is 17.7 Å². The average molecular weight is 274 g/mol. The van der Waals surface area contributed by atoms with Gasteiger partial charge in [-0.05, 0) is 18.1 Å². The highest BCUT2D eigenvalue weighted by Gasteiger charge is 2.15. The second-order valence-corrected chi connectivity index (χ2v) is 4.55. The quantitative estimate of drug-likeness (QED) is 0.797. The molecule has 1 unspecified atom stereocenters. The van der Waals surface area contributed by atoms with Gasteiger partial charge < -0.3 is 5.73 Å². The van der Waals surface area contributed by atoms with Crippen molar-refractivity contribution < 1.29 is 8.78 Å². The first-order valence-electron chi connectivity index (χ1n) is 6.12. The molecule has 0 fully saturated rings. The van der Waals surface area contributed by atoms with E-state index in [4.69, 9.17) is 5.73 Å². The van der Waals surface area contributed by atoms with Gasteiger partial charge in [-0.15, -0.1) is 0 Å². The molecule has 0 bridgehead atoms. The Morgan fingerprint density at radius 1 is 1.25 bits per heavy atom. The van der Waals surface area contributed by atoms with E-state index in [1.54, 1.807) is 29.3 Å². The molecule has 1 aromatic carbocycles. The predicted octanol–water partition coefficient (Wildman–Crippen LogP) is 2.25. The number of aromatic nitrogens is 3. The Labute approximate surface area is 113 Å². The molecule has 2 heterocycles. The molecule has 0 spiro atoms. The Bertz CT molecular complexity index is 754. The molecule has 3 rings (SSSR count). The molecule has 2 N–H and O–H groups in total. The zero-order valence-corrected chi connectivity index (χ0v) is 10.5. The van der Waals surface area contributed by atoms with Crippen molar-refractivity contribution in [2.45, 2.75) is 12.5 Å². The first-order chi connectivity index (χ1) is 9.65. The van der Waals surface area contributed by atoms with Crippen LogP contribution >= 0.6 is 0 Å². The summed E-state index contributed by atoms with van der Waals surface area (Å²) in [4.78, 5) is 4.02. The van der Waals surface area contributed by atoms with Crippen LogP contribution < -0.4 is 5.73 Å². The maximum atomic E-state index is 13.6. The third-order valence-corrected chi connectivity index (χ3v) is 3.21. The van der Waals surface area contributed by atoms with Crippen molar-refractivity contribution in [1.82, 2.24) is 14.6 Å². The van der Waals surface area contributed by atoms with Crippen LogP contribution in [0.3, 0.4) is 0 Å². The third-order valence-electron chi connectivity index (χ3n) is 3.21. The predicted molar refractivity (Wildman–Crippen MR) is 70.0 cm³/mol. The van der Waals surface area contributed by atoms with Crippen LogP contribution in [0.1, 0.15) is 17.2 Å². The number of hydrogen-bond acceptors (Lipinski definition) is 3. The Kier molecular flexibility index (Phi) is 3.15. The van der Waals surface area contributed by atoms with Gasteiger partial charge in [0.05, 0.1) is 17.9 Å². The summed E-state index contributed by atoms with van der Waals surface area (Å²) in [6.45, 7) is 0. The molecular formula is C14H12F2N4. The van der Waals surface area contributed by atoms with Crippen LogP contribution in [0.2, 0.25) is 0 Å². The van der Waals surface area contributed by atoms with Gasteiger partial charge >= 0.3 is 0 Å². The van der Waals surface area contributed by atoms with E-state index in [9.17, 15) is 8.78 Å². The van der Waals surface area contributed by atoms with Crippen molar-refractivity contribution in [1.29, 1.82) is 0 Å². The maximum Gasteiger partial charge on any atom is 0.129 e. The number of nitrogens with two attached hydrogens (primary N) is 1. The lowest BCUT2D eigenvalue weighted by Crippen LogP contribution is -2.14. The molecule has 2 aromatic heterocycles. The fourth-order valence-electron chi connectivity index (χ4n) is 2.17. The summed E-state index contributed by atoms with van der Waals surface area (Å²) >= 11 is 0. The van der Waals surface area contributed by atoms with Crippen molar-refractivity contribution in [2.24, 2.45) is 5.73 Å². The van der Waals surface area contributed by atoms with Crippen molar-refractivity contribution >= 4 is 5.52 Å². The molecule has 0 saturated carbocycles. The summed E-state index contributed by atoms with van der Waals surface area (Å²) < 4.78 is 28.2. The second-order valence-electron chi connectivity index (χ2n) is 4.55. The Morgan fingerprint density at radius 3 is 2.90 bits per heavy atom. The highest BCUT2D eigenvalue weighted by molar-refractivity contribution is 5.53. The van der Waals surface area contributed by atoms with Crippen LogP contribution in [0.15, 0.2) is 43.0 Å². The van der Waals surface area contributed by atoms with Gasteiger partial charge in [-0.2, -0.15) is 5.10 Å². The minimum atomic E-state index is -0.597. The normalized spacial score (nSPS) is 12.8. The van der Waals surface area contributed by atoms with Crippen LogP contribution in [0.25, 0.3) is 5.52 Å². The highest BCUT2D eigenvalue weighted by atomic mass is 19.1. The van der Waals surface area contributed by atoms with E-state index in [2.05, 4.69) is 10.1 Å². The van der Waals surface area contributed by atoms with Gasteiger partial charge in [0, 0.05) is 30.1 Å². The van der Waals surface area contributed by atoms with Gasteiger partial charge in [-0.25, -0.2) is 13.3 Å². The summed E-state index contributed by atoms with van der Waals surface area (Å²) in [5, 5.41) is 4.16. The first-order valence-corrected chi connectivity index (χ1v) is 6.12. The number of hydrogen-bond donors (Lipinski definition) is 1. The molecule has 20 heavy (non-hydrogen) atoms. The zero-order chi connectivity index (χ0) is 14.1. The Hall–Kier alpha value is -2.34. The summed E-state index contributed by atoms with van der Waals surface area (Å²) in [7, 11) is 0. The lowest BCUT2D eigenvalue weighted by atomic mass is 10.0. The number of fused-ring (bicyclic) bond motifs is 1. The molecule has 0 aliphatic heterocycles. The van der Waals surface area contributed by atoms with Gasteiger partial charge in [0.15, 0.2) is 0 Å². The van der Waals surface area contributed by atoms with Gasteiger partial charge in [0.1, 0.15) is 11.6 Å². The van der Waals surface area contributed by atoms with Crippen molar-refractivity contribution in [3.8, 4) is 0 Å². The van der Waals surface area contributed by atoms with Crippen molar-refractivity contribution in [3.63, 3.8) is 0 Å². The molecule has 0 aliphatic carbocycles. The van der Waals surface area contributed by atoms with Crippen LogP contribution in [0.4, 0.5) is 8.78 Å². The molecule has 3 aromatic rings. The minimum absolute atomic E-state index is 0.266. The molecule has 102 valence electrons. The summed E-state index contributed by atoms with van der Waals surface area (Å²) in [5.74, 6) is -1.19. The number of halogens is 2. The lowest BCUT2D eigenvalue weighted by Gasteiger charge is -2.11. The van der Waals surface area contributed by atoms with Crippen molar-refractivity contribution in [2.75, 3.05) is 0 Å². The molecule has 0 saturated heterocycles. The molecule has 0 aliphatic rings. The summed E-state index contributed by atoms with van der Waals surface area (Å²) in [5.41, 5.74) is 8.04. The topological polar surface area (TPSA) is 56.2 Å². The van der Waals surface area contributed by atoms with E-state index in [1.807, 2.05) is 0 Å². The largest absolute Gasteiger partial charge is 0.324 e. The van der Waals surface area contributed by atoms with Crippen LogP contribution in [0, 0.1) is 11.6 Å². The van der Waals surface area contributed by atoms with E-state index in [0.717, 1.165) is 17.1 Å². The monoisotopic (exact) mass is 274 g/mol. The van der Waals surface area contributed by atoms with E-state index in [1.165, 1.54) is 12.1 Å². The average Bonchev–Trinajstić information content (AvgIpc) is 2.86. The van der Waals surface area contributed by atoms with Crippen LogP contribution in [-0.2, 0) is 6.42 Å². The second kappa shape index (κ2) is 4.97.